The number of hydrogen-bond donors (Lipinski definition) is 3. The van der Waals surface area contributed by atoms with Crippen LogP contribution >= 0.6 is 0 Å². The third-order valence-electron chi connectivity index (χ3n) is 2.52. The second kappa shape index (κ2) is 6.58. The Balaban J connectivity index is 2.65. The Labute approximate surface area is 109 Å². The van der Waals surface area contributed by atoms with E-state index in [4.69, 9.17) is 15.3 Å². The normalized spacial score (nSPS) is 11.8. The van der Waals surface area contributed by atoms with Crippen LogP contribution in [0.1, 0.15) is 36.1 Å². The van der Waals surface area contributed by atoms with Crippen LogP contribution in [0.4, 0.5) is 0 Å². The summed E-state index contributed by atoms with van der Waals surface area (Å²) in [5.74, 6) is -1.79. The minimum Gasteiger partial charge on any atom is -0.480 e. The minimum absolute atomic E-state index is 0.0437. The van der Waals surface area contributed by atoms with Crippen LogP contribution in [-0.2, 0) is 16.0 Å². The molecule has 19 heavy (non-hydrogen) atoms. The molecule has 0 unspecified atom stereocenters. The zero-order valence-electron chi connectivity index (χ0n) is 10.5. The minimum atomic E-state index is -1.23. The fourth-order valence-electron chi connectivity index (χ4n) is 1.46. The zero-order chi connectivity index (χ0) is 14.4. The molecule has 1 aromatic rings. The summed E-state index contributed by atoms with van der Waals surface area (Å²) < 4.78 is 5.20. The van der Waals surface area contributed by atoms with Crippen LogP contribution in [0.25, 0.3) is 0 Å². The van der Waals surface area contributed by atoms with Crippen LogP contribution in [0.5, 0.6) is 0 Å². The van der Waals surface area contributed by atoms with Crippen LogP contribution in [0, 0.1) is 0 Å². The van der Waals surface area contributed by atoms with E-state index in [0.29, 0.717) is 12.2 Å². The maximum absolute atomic E-state index is 11.7. The molecule has 2 amide bonds. The van der Waals surface area contributed by atoms with Crippen molar-refractivity contribution in [2.24, 2.45) is 5.73 Å². The lowest BCUT2D eigenvalue weighted by Crippen LogP contribution is -2.41. The summed E-state index contributed by atoms with van der Waals surface area (Å²) >= 11 is 0. The Kier molecular flexibility index (Phi) is 5.11. The molecule has 1 atom stereocenters. The molecule has 1 aromatic heterocycles. The number of carboxylic acid groups (broad SMARTS) is 1. The van der Waals surface area contributed by atoms with Crippen LogP contribution in [0.2, 0.25) is 0 Å². The highest BCUT2D eigenvalue weighted by Gasteiger charge is 2.22. The van der Waals surface area contributed by atoms with Gasteiger partial charge in [-0.05, 0) is 18.6 Å². The van der Waals surface area contributed by atoms with Crippen LogP contribution in [-0.4, -0.2) is 28.9 Å². The Morgan fingerprint density at radius 3 is 2.58 bits per heavy atom. The molecule has 1 rings (SSSR count). The van der Waals surface area contributed by atoms with Gasteiger partial charge in [-0.25, -0.2) is 4.79 Å². The van der Waals surface area contributed by atoms with Gasteiger partial charge in [-0.3, -0.25) is 9.59 Å². The number of rotatable bonds is 7. The molecular weight excluding hydrogens is 252 g/mol. The van der Waals surface area contributed by atoms with Crippen molar-refractivity contribution < 1.29 is 23.9 Å². The monoisotopic (exact) mass is 268 g/mol. The molecule has 0 fully saturated rings. The number of nitrogens with two attached hydrogens (primary N) is 1. The Hall–Kier alpha value is -2.31. The lowest BCUT2D eigenvalue weighted by atomic mass is 10.1. The van der Waals surface area contributed by atoms with Gasteiger partial charge < -0.3 is 20.6 Å². The largest absolute Gasteiger partial charge is 0.480 e. The van der Waals surface area contributed by atoms with E-state index in [9.17, 15) is 14.4 Å². The number of aliphatic carboxylic acids is 1. The molecule has 0 aliphatic carbocycles. The maximum Gasteiger partial charge on any atom is 0.326 e. The number of amides is 2. The van der Waals surface area contributed by atoms with Gasteiger partial charge in [-0.2, -0.15) is 0 Å². The molecule has 0 saturated heterocycles. The van der Waals surface area contributed by atoms with Gasteiger partial charge in [0.1, 0.15) is 11.8 Å². The number of furan rings is 1. The molecule has 4 N–H and O–H groups in total. The molecule has 7 nitrogen and oxygen atoms in total. The topological polar surface area (TPSA) is 123 Å². The number of nitrogens with one attached hydrogen (secondary N) is 1. The average Bonchev–Trinajstić information content (AvgIpc) is 2.82. The molecule has 0 aromatic carbocycles. The SMILES string of the molecule is CCc1ccc(C(=O)N[C@H](CCC(N)=O)C(=O)O)o1. The van der Waals surface area contributed by atoms with E-state index in [0.717, 1.165) is 0 Å². The second-order valence-corrected chi connectivity index (χ2v) is 3.99. The van der Waals surface area contributed by atoms with Gasteiger partial charge in [-0.1, -0.05) is 6.92 Å². The summed E-state index contributed by atoms with van der Waals surface area (Å²) in [5, 5.41) is 11.2. The first-order valence-corrected chi connectivity index (χ1v) is 5.84. The van der Waals surface area contributed by atoms with Gasteiger partial charge >= 0.3 is 5.97 Å². The van der Waals surface area contributed by atoms with Crippen molar-refractivity contribution in [2.45, 2.75) is 32.2 Å². The van der Waals surface area contributed by atoms with Gasteiger partial charge in [0.2, 0.25) is 5.91 Å². The van der Waals surface area contributed by atoms with Gasteiger partial charge in [-0.15, -0.1) is 0 Å². The molecule has 1 heterocycles. The molecule has 0 bridgehead atoms. The van der Waals surface area contributed by atoms with Crippen molar-refractivity contribution in [2.75, 3.05) is 0 Å². The summed E-state index contributed by atoms with van der Waals surface area (Å²) in [7, 11) is 0. The molecule has 0 saturated carbocycles. The third kappa shape index (κ3) is 4.46. The molecule has 0 aliphatic rings. The van der Waals surface area contributed by atoms with Gasteiger partial charge in [0.25, 0.3) is 5.91 Å². The summed E-state index contributed by atoms with van der Waals surface area (Å²) in [5.41, 5.74) is 4.94. The highest BCUT2D eigenvalue weighted by atomic mass is 16.4. The van der Waals surface area contributed by atoms with Gasteiger partial charge in [0, 0.05) is 12.8 Å². The lowest BCUT2D eigenvalue weighted by molar-refractivity contribution is -0.139. The summed E-state index contributed by atoms with van der Waals surface area (Å²) in [6.45, 7) is 1.87. The Morgan fingerprint density at radius 1 is 1.42 bits per heavy atom. The summed E-state index contributed by atoms with van der Waals surface area (Å²) in [6, 6.07) is 1.95. The fourth-order valence-corrected chi connectivity index (χ4v) is 1.46. The summed E-state index contributed by atoms with van der Waals surface area (Å²) in [6.07, 6.45) is 0.463. The first-order valence-electron chi connectivity index (χ1n) is 5.84. The Bertz CT molecular complexity index is 480. The van der Waals surface area contributed by atoms with E-state index >= 15 is 0 Å². The van der Waals surface area contributed by atoms with E-state index in [2.05, 4.69) is 5.32 Å². The number of primary amides is 1. The fraction of sp³-hybridized carbons (Fsp3) is 0.417. The molecular formula is C12H16N2O5. The van der Waals surface area contributed by atoms with Gasteiger partial charge in [0.15, 0.2) is 5.76 Å². The zero-order valence-corrected chi connectivity index (χ0v) is 10.5. The van der Waals surface area contributed by atoms with E-state index in [-0.39, 0.29) is 18.6 Å². The molecule has 104 valence electrons. The number of carbonyl (C=O) groups is 3. The highest BCUT2D eigenvalue weighted by molar-refractivity contribution is 5.94. The molecule has 0 radical (unpaired) electrons. The second-order valence-electron chi connectivity index (χ2n) is 3.99. The quantitative estimate of drug-likeness (QED) is 0.656. The van der Waals surface area contributed by atoms with Crippen LogP contribution < -0.4 is 11.1 Å². The van der Waals surface area contributed by atoms with E-state index in [1.54, 1.807) is 6.07 Å². The van der Waals surface area contributed by atoms with E-state index in [1.807, 2.05) is 6.92 Å². The van der Waals surface area contributed by atoms with E-state index in [1.165, 1.54) is 6.07 Å². The number of hydrogen-bond acceptors (Lipinski definition) is 4. The summed E-state index contributed by atoms with van der Waals surface area (Å²) in [4.78, 5) is 33.3. The first kappa shape index (κ1) is 14.7. The van der Waals surface area contributed by atoms with Crippen molar-refractivity contribution in [1.29, 1.82) is 0 Å². The van der Waals surface area contributed by atoms with Crippen molar-refractivity contribution in [3.8, 4) is 0 Å². The average molecular weight is 268 g/mol. The van der Waals surface area contributed by atoms with E-state index < -0.39 is 23.8 Å². The van der Waals surface area contributed by atoms with Crippen LogP contribution in [0.15, 0.2) is 16.5 Å². The maximum atomic E-state index is 11.7. The molecule has 7 heteroatoms. The number of carboxylic acids is 1. The smallest absolute Gasteiger partial charge is 0.326 e. The molecule has 0 spiro atoms. The van der Waals surface area contributed by atoms with Crippen LogP contribution in [0.3, 0.4) is 0 Å². The first-order chi connectivity index (χ1) is 8.93. The highest BCUT2D eigenvalue weighted by Crippen LogP contribution is 2.09. The lowest BCUT2D eigenvalue weighted by Gasteiger charge is -2.12. The standard InChI is InChI=1S/C12H16N2O5/c1-2-7-3-5-9(19-7)11(16)14-8(12(17)18)4-6-10(13)15/h3,5,8H,2,4,6H2,1H3,(H2,13,15)(H,14,16)(H,17,18)/t8-/m1/s1. The molecule has 0 aliphatic heterocycles. The predicted molar refractivity (Wildman–Crippen MR) is 65.4 cm³/mol. The predicted octanol–water partition coefficient (Wildman–Crippen LogP) is 0.291. The third-order valence-corrected chi connectivity index (χ3v) is 2.52. The van der Waals surface area contributed by atoms with Crippen molar-refractivity contribution in [1.82, 2.24) is 5.32 Å². The van der Waals surface area contributed by atoms with Gasteiger partial charge in [0.05, 0.1) is 0 Å². The van der Waals surface area contributed by atoms with Crippen molar-refractivity contribution in [3.63, 3.8) is 0 Å². The van der Waals surface area contributed by atoms with Crippen molar-refractivity contribution >= 4 is 17.8 Å². The Morgan fingerprint density at radius 2 is 2.11 bits per heavy atom. The number of aryl methyl sites for hydroxylation is 1. The number of carbonyl (C=O) groups excluding carboxylic acids is 2. The van der Waals surface area contributed by atoms with Crippen molar-refractivity contribution in [3.05, 3.63) is 23.7 Å².